The van der Waals surface area contributed by atoms with Gasteiger partial charge < -0.3 is 19.7 Å². The summed E-state index contributed by atoms with van der Waals surface area (Å²) in [7, 11) is 1.48. The minimum atomic E-state index is -0.198. The number of anilines is 1. The van der Waals surface area contributed by atoms with Gasteiger partial charge in [-0.15, -0.1) is 0 Å². The second-order valence-electron chi connectivity index (χ2n) is 7.33. The summed E-state index contributed by atoms with van der Waals surface area (Å²) >= 11 is 6.16. The number of aromatic amines is 1. The molecule has 3 aromatic carbocycles. The number of methoxy groups -OCH3 is 1. The van der Waals surface area contributed by atoms with Gasteiger partial charge in [0.25, 0.3) is 5.91 Å². The first-order chi connectivity index (χ1) is 16.0. The molecular weight excluding hydrogens is 438 g/mol. The molecule has 0 radical (unpaired) electrons. The summed E-state index contributed by atoms with van der Waals surface area (Å²) in [6.07, 6.45) is 6.56. The van der Waals surface area contributed by atoms with Gasteiger partial charge in [0.05, 0.1) is 31.9 Å². The average Bonchev–Trinajstić information content (AvgIpc) is 3.37. The maximum absolute atomic E-state index is 13.3. The molecule has 0 bridgehead atoms. The van der Waals surface area contributed by atoms with Gasteiger partial charge in [0.2, 0.25) is 0 Å². The third kappa shape index (κ3) is 5.42. The highest BCUT2D eigenvalue weighted by Crippen LogP contribution is 2.27. The molecule has 0 aliphatic heterocycles. The standard InChI is InChI=1S/C26H22ClN3O3/c1-33-25-14-18(5-11-24(25)31)6-12-26(32)30(16-19-3-2-4-21(27)13-19)22-9-7-20(8-10-22)23-15-28-17-29-23/h2-15,17,31H,16H2,1H3,(H,28,29)/b12-6+. The van der Waals surface area contributed by atoms with E-state index in [4.69, 9.17) is 16.3 Å². The molecule has 0 unspecified atom stereocenters. The number of imidazole rings is 1. The zero-order valence-corrected chi connectivity index (χ0v) is 18.7. The van der Waals surface area contributed by atoms with E-state index >= 15 is 0 Å². The molecule has 0 aliphatic carbocycles. The summed E-state index contributed by atoms with van der Waals surface area (Å²) in [5.74, 6) is 0.187. The van der Waals surface area contributed by atoms with Crippen LogP contribution < -0.4 is 9.64 Å². The van der Waals surface area contributed by atoms with Crippen molar-refractivity contribution in [2.24, 2.45) is 0 Å². The predicted octanol–water partition coefficient (Wildman–Crippen LogP) is 5.69. The Labute approximate surface area is 196 Å². The molecule has 0 aliphatic rings. The molecule has 33 heavy (non-hydrogen) atoms. The molecule has 1 amide bonds. The number of aromatic nitrogens is 2. The summed E-state index contributed by atoms with van der Waals surface area (Å²) in [6.45, 7) is 0.353. The van der Waals surface area contributed by atoms with Gasteiger partial charge in [-0.1, -0.05) is 41.9 Å². The lowest BCUT2D eigenvalue weighted by atomic mass is 10.1. The lowest BCUT2D eigenvalue weighted by Gasteiger charge is -2.22. The Balaban J connectivity index is 1.62. The summed E-state index contributed by atoms with van der Waals surface area (Å²) in [5.41, 5.74) is 4.26. The fourth-order valence-electron chi connectivity index (χ4n) is 3.40. The van der Waals surface area contributed by atoms with E-state index in [1.54, 1.807) is 41.7 Å². The van der Waals surface area contributed by atoms with Crippen LogP contribution in [-0.4, -0.2) is 28.1 Å². The van der Waals surface area contributed by atoms with Crippen LogP contribution >= 0.6 is 11.6 Å². The van der Waals surface area contributed by atoms with Crippen LogP contribution in [0.25, 0.3) is 17.3 Å². The molecule has 4 aromatic rings. The number of nitrogens with one attached hydrogen (secondary N) is 1. The number of carbonyl (C=O) groups excluding carboxylic acids is 1. The second kappa shape index (κ2) is 10.1. The molecule has 7 heteroatoms. The van der Waals surface area contributed by atoms with Crippen LogP contribution in [-0.2, 0) is 11.3 Å². The molecule has 1 aromatic heterocycles. The van der Waals surface area contributed by atoms with Crippen LogP contribution in [0.1, 0.15) is 11.1 Å². The van der Waals surface area contributed by atoms with E-state index in [0.717, 1.165) is 28.1 Å². The molecule has 1 heterocycles. The average molecular weight is 460 g/mol. The van der Waals surface area contributed by atoms with Crippen molar-refractivity contribution in [2.45, 2.75) is 6.54 Å². The molecule has 0 atom stereocenters. The van der Waals surface area contributed by atoms with Gasteiger partial charge in [0.1, 0.15) is 0 Å². The number of amides is 1. The molecule has 0 saturated heterocycles. The second-order valence-corrected chi connectivity index (χ2v) is 7.77. The topological polar surface area (TPSA) is 78.5 Å². The van der Waals surface area contributed by atoms with E-state index in [1.165, 1.54) is 19.3 Å². The highest BCUT2D eigenvalue weighted by Gasteiger charge is 2.15. The molecule has 2 N–H and O–H groups in total. The van der Waals surface area contributed by atoms with Crippen LogP contribution in [0.15, 0.2) is 85.3 Å². The van der Waals surface area contributed by atoms with Gasteiger partial charge in [0.15, 0.2) is 11.5 Å². The number of rotatable bonds is 7. The predicted molar refractivity (Wildman–Crippen MR) is 130 cm³/mol. The number of halogens is 1. The minimum absolute atomic E-state index is 0.0425. The van der Waals surface area contributed by atoms with Crippen LogP contribution in [0.4, 0.5) is 5.69 Å². The quantitative estimate of drug-likeness (QED) is 0.348. The molecule has 0 spiro atoms. The summed E-state index contributed by atoms with van der Waals surface area (Å²) in [5, 5.41) is 10.4. The van der Waals surface area contributed by atoms with Crippen LogP contribution in [0.2, 0.25) is 5.02 Å². The Hall–Kier alpha value is -4.03. The van der Waals surface area contributed by atoms with Crippen molar-refractivity contribution < 1.29 is 14.6 Å². The van der Waals surface area contributed by atoms with Gasteiger partial charge in [0, 0.05) is 16.8 Å². The number of carbonyl (C=O) groups is 1. The monoisotopic (exact) mass is 459 g/mol. The highest BCUT2D eigenvalue weighted by molar-refractivity contribution is 6.30. The summed E-state index contributed by atoms with van der Waals surface area (Å²) in [4.78, 5) is 22.1. The number of H-pyrrole nitrogens is 1. The van der Waals surface area contributed by atoms with Gasteiger partial charge in [-0.25, -0.2) is 4.98 Å². The first-order valence-corrected chi connectivity index (χ1v) is 10.6. The van der Waals surface area contributed by atoms with E-state index in [0.29, 0.717) is 17.3 Å². The first kappa shape index (κ1) is 22.2. The van der Waals surface area contributed by atoms with Gasteiger partial charge in [-0.2, -0.15) is 0 Å². The third-order valence-corrected chi connectivity index (χ3v) is 5.34. The number of aromatic hydroxyl groups is 1. The fourth-order valence-corrected chi connectivity index (χ4v) is 3.62. The minimum Gasteiger partial charge on any atom is -0.504 e. The third-order valence-electron chi connectivity index (χ3n) is 5.11. The smallest absolute Gasteiger partial charge is 0.251 e. The fraction of sp³-hybridized carbons (Fsp3) is 0.0769. The number of hydrogen-bond donors (Lipinski definition) is 2. The number of benzene rings is 3. The largest absolute Gasteiger partial charge is 0.504 e. The van der Waals surface area contributed by atoms with Crippen molar-refractivity contribution in [3.63, 3.8) is 0 Å². The Kier molecular flexibility index (Phi) is 6.76. The molecular formula is C26H22ClN3O3. The first-order valence-electron chi connectivity index (χ1n) is 10.2. The van der Waals surface area contributed by atoms with Gasteiger partial charge in [-0.05, 0) is 59.2 Å². The number of hydrogen-bond acceptors (Lipinski definition) is 4. The van der Waals surface area contributed by atoms with Crippen LogP contribution in [0, 0.1) is 0 Å². The normalized spacial score (nSPS) is 11.0. The summed E-state index contributed by atoms with van der Waals surface area (Å²) < 4.78 is 5.14. The zero-order chi connectivity index (χ0) is 23.2. The van der Waals surface area contributed by atoms with Crippen molar-refractivity contribution in [1.29, 1.82) is 0 Å². The summed E-state index contributed by atoms with van der Waals surface area (Å²) in [6, 6.07) is 20.0. The molecule has 6 nitrogen and oxygen atoms in total. The molecule has 166 valence electrons. The van der Waals surface area contributed by atoms with Crippen molar-refractivity contribution in [3.05, 3.63) is 101 Å². The van der Waals surface area contributed by atoms with E-state index < -0.39 is 0 Å². The van der Waals surface area contributed by atoms with Gasteiger partial charge >= 0.3 is 0 Å². The maximum atomic E-state index is 13.3. The number of nitrogens with zero attached hydrogens (tertiary/aromatic N) is 2. The van der Waals surface area contributed by atoms with E-state index in [2.05, 4.69) is 9.97 Å². The molecule has 0 fully saturated rings. The highest BCUT2D eigenvalue weighted by atomic mass is 35.5. The van der Waals surface area contributed by atoms with E-state index in [1.807, 2.05) is 42.5 Å². The van der Waals surface area contributed by atoms with Crippen molar-refractivity contribution in [2.75, 3.05) is 12.0 Å². The van der Waals surface area contributed by atoms with Crippen molar-refractivity contribution in [1.82, 2.24) is 9.97 Å². The Morgan fingerprint density at radius 2 is 1.97 bits per heavy atom. The molecule has 4 rings (SSSR count). The number of ether oxygens (including phenoxy) is 1. The van der Waals surface area contributed by atoms with Crippen molar-refractivity contribution >= 4 is 29.3 Å². The van der Waals surface area contributed by atoms with Crippen LogP contribution in [0.3, 0.4) is 0 Å². The number of phenolic OH excluding ortho intramolecular Hbond substituents is 1. The Morgan fingerprint density at radius 3 is 2.67 bits per heavy atom. The van der Waals surface area contributed by atoms with Gasteiger partial charge in [-0.3, -0.25) is 4.79 Å². The van der Waals surface area contributed by atoms with E-state index in [-0.39, 0.29) is 11.7 Å². The Bertz CT molecular complexity index is 1270. The van der Waals surface area contributed by atoms with Crippen molar-refractivity contribution in [3.8, 4) is 22.8 Å². The zero-order valence-electron chi connectivity index (χ0n) is 17.9. The molecule has 0 saturated carbocycles. The van der Waals surface area contributed by atoms with E-state index in [9.17, 15) is 9.90 Å². The Morgan fingerprint density at radius 1 is 1.15 bits per heavy atom. The SMILES string of the molecule is COc1cc(/C=C/C(=O)N(Cc2cccc(Cl)c2)c2ccc(-c3cnc[nH]3)cc2)ccc1O. The lowest BCUT2D eigenvalue weighted by Crippen LogP contribution is -2.28. The number of phenols is 1. The maximum Gasteiger partial charge on any atom is 0.251 e. The van der Waals surface area contributed by atoms with Crippen LogP contribution in [0.5, 0.6) is 11.5 Å². The lowest BCUT2D eigenvalue weighted by molar-refractivity contribution is -0.114.